The van der Waals surface area contributed by atoms with E-state index in [0.29, 0.717) is 37.1 Å². The van der Waals surface area contributed by atoms with Crippen molar-refractivity contribution in [1.29, 1.82) is 0 Å². The van der Waals surface area contributed by atoms with Gasteiger partial charge in [0.15, 0.2) is 0 Å². The summed E-state index contributed by atoms with van der Waals surface area (Å²) in [6.07, 6.45) is 2.80. The number of carbonyl (C=O) groups is 2. The third kappa shape index (κ3) is 3.85. The second kappa shape index (κ2) is 8.63. The van der Waals surface area contributed by atoms with Crippen molar-refractivity contribution in [3.63, 3.8) is 0 Å². The summed E-state index contributed by atoms with van der Waals surface area (Å²) in [6, 6.07) is 13.5. The molecule has 0 N–H and O–H groups in total. The first-order valence-corrected chi connectivity index (χ1v) is 11.5. The van der Waals surface area contributed by atoms with Crippen LogP contribution in [0, 0.1) is 11.6 Å². The van der Waals surface area contributed by atoms with E-state index in [2.05, 4.69) is 4.98 Å². The van der Waals surface area contributed by atoms with Gasteiger partial charge in [-0.2, -0.15) is 0 Å². The normalized spacial score (nSPS) is 19.4. The summed E-state index contributed by atoms with van der Waals surface area (Å²) in [7, 11) is 0. The molecule has 5 nitrogen and oxygen atoms in total. The molecular formula is C27H25F2N3O2. The van der Waals surface area contributed by atoms with Crippen LogP contribution in [-0.4, -0.2) is 28.9 Å². The van der Waals surface area contributed by atoms with Gasteiger partial charge in [-0.3, -0.25) is 9.59 Å². The smallest absolute Gasteiger partial charge is 0.277 e. The highest BCUT2D eigenvalue weighted by atomic mass is 19.1. The van der Waals surface area contributed by atoms with Gasteiger partial charge in [-0.1, -0.05) is 6.07 Å². The topological polar surface area (TPSA) is 53.5 Å². The Morgan fingerprint density at radius 2 is 1.21 bits per heavy atom. The fraction of sp³-hybridized carbons (Fsp3) is 0.296. The largest absolute Gasteiger partial charge is 0.304 e. The summed E-state index contributed by atoms with van der Waals surface area (Å²) in [4.78, 5) is 34.7. The highest BCUT2D eigenvalue weighted by Crippen LogP contribution is 2.34. The molecule has 174 valence electrons. The number of nitrogens with zero attached hydrogens (tertiary/aromatic N) is 3. The molecule has 2 amide bonds. The monoisotopic (exact) mass is 461 g/mol. The maximum Gasteiger partial charge on any atom is 0.277 e. The van der Waals surface area contributed by atoms with Crippen molar-refractivity contribution in [3.05, 3.63) is 88.7 Å². The van der Waals surface area contributed by atoms with Crippen LogP contribution in [0.5, 0.6) is 0 Å². The lowest BCUT2D eigenvalue weighted by Gasteiger charge is -2.36. The van der Waals surface area contributed by atoms with Crippen LogP contribution in [0.1, 0.15) is 58.8 Å². The van der Waals surface area contributed by atoms with Crippen LogP contribution < -0.4 is 9.80 Å². The maximum atomic E-state index is 13.7. The fourth-order valence-corrected chi connectivity index (χ4v) is 4.98. The van der Waals surface area contributed by atoms with Crippen LogP contribution in [-0.2, 0) is 12.8 Å². The molecule has 3 heterocycles. The number of aromatic nitrogens is 1. The zero-order valence-electron chi connectivity index (χ0n) is 19.1. The number of hydrogen-bond acceptors (Lipinski definition) is 3. The molecule has 0 aliphatic carbocycles. The van der Waals surface area contributed by atoms with Gasteiger partial charge in [0.05, 0.1) is 0 Å². The molecule has 0 saturated carbocycles. The average molecular weight is 462 g/mol. The van der Waals surface area contributed by atoms with Crippen molar-refractivity contribution in [2.75, 3.05) is 9.80 Å². The van der Waals surface area contributed by atoms with Gasteiger partial charge < -0.3 is 9.80 Å². The third-order valence-corrected chi connectivity index (χ3v) is 6.77. The van der Waals surface area contributed by atoms with Gasteiger partial charge in [-0.15, -0.1) is 0 Å². The summed E-state index contributed by atoms with van der Waals surface area (Å²) < 4.78 is 27.5. The molecule has 0 bridgehead atoms. The molecule has 34 heavy (non-hydrogen) atoms. The molecule has 7 heteroatoms. The fourth-order valence-electron chi connectivity index (χ4n) is 4.98. The number of anilines is 2. The lowest BCUT2D eigenvalue weighted by Crippen LogP contribution is -2.44. The number of halogens is 2. The van der Waals surface area contributed by atoms with Gasteiger partial charge in [-0.25, -0.2) is 13.8 Å². The highest BCUT2D eigenvalue weighted by molar-refractivity contribution is 6.09. The third-order valence-electron chi connectivity index (χ3n) is 6.77. The number of amides is 2. The summed E-state index contributed by atoms with van der Waals surface area (Å²) >= 11 is 0. The van der Waals surface area contributed by atoms with Crippen molar-refractivity contribution < 1.29 is 18.4 Å². The van der Waals surface area contributed by atoms with E-state index in [1.54, 1.807) is 40.1 Å². The van der Waals surface area contributed by atoms with Gasteiger partial charge >= 0.3 is 0 Å². The van der Waals surface area contributed by atoms with E-state index >= 15 is 0 Å². The van der Waals surface area contributed by atoms with Crippen molar-refractivity contribution in [2.24, 2.45) is 0 Å². The first-order valence-electron chi connectivity index (χ1n) is 11.5. The van der Waals surface area contributed by atoms with E-state index in [-0.39, 0.29) is 46.9 Å². The van der Waals surface area contributed by atoms with E-state index in [1.165, 1.54) is 24.3 Å². The van der Waals surface area contributed by atoms with E-state index in [0.717, 1.165) is 11.1 Å². The predicted molar refractivity (Wildman–Crippen MR) is 126 cm³/mol. The summed E-state index contributed by atoms with van der Waals surface area (Å²) in [5, 5.41) is 0. The zero-order valence-corrected chi connectivity index (χ0v) is 19.1. The van der Waals surface area contributed by atoms with Crippen LogP contribution in [0.3, 0.4) is 0 Å². The van der Waals surface area contributed by atoms with Crippen LogP contribution in [0.15, 0.2) is 54.6 Å². The quantitative estimate of drug-likeness (QED) is 0.519. The molecule has 5 rings (SSSR count). The standard InChI is InChI=1S/C27H25F2N3O2/c1-16-6-8-18-14-20(28)10-12-24(18)31(16)26(33)22-4-3-5-23(30-22)27(34)32-17(2)7-9-19-15-21(29)11-13-25(19)32/h3-5,10-17H,6-9H2,1-2H3. The maximum absolute atomic E-state index is 13.7. The number of benzene rings is 2. The van der Waals surface area contributed by atoms with Gasteiger partial charge in [0.25, 0.3) is 11.8 Å². The Kier molecular flexibility index (Phi) is 5.63. The Morgan fingerprint density at radius 3 is 1.65 bits per heavy atom. The van der Waals surface area contributed by atoms with E-state index < -0.39 is 0 Å². The van der Waals surface area contributed by atoms with E-state index in [1.807, 2.05) is 13.8 Å². The number of hydrogen-bond donors (Lipinski definition) is 0. The second-order valence-corrected chi connectivity index (χ2v) is 9.08. The molecule has 1 aromatic heterocycles. The molecule has 2 unspecified atom stereocenters. The van der Waals surface area contributed by atoms with Crippen molar-refractivity contribution in [2.45, 2.75) is 51.6 Å². The molecule has 2 aromatic carbocycles. The predicted octanol–water partition coefficient (Wildman–Crippen LogP) is 5.32. The Balaban J connectivity index is 1.48. The average Bonchev–Trinajstić information content (AvgIpc) is 2.83. The van der Waals surface area contributed by atoms with Crippen LogP contribution in [0.4, 0.5) is 20.2 Å². The molecule has 0 spiro atoms. The molecule has 0 saturated heterocycles. The SMILES string of the molecule is CC1CCc2cc(F)ccc2N1C(=O)c1cccc(C(=O)N2c3ccc(F)cc3CCC2C)n1. The number of pyridine rings is 1. The molecular weight excluding hydrogens is 436 g/mol. The van der Waals surface area contributed by atoms with Crippen molar-refractivity contribution in [3.8, 4) is 0 Å². The second-order valence-electron chi connectivity index (χ2n) is 9.08. The molecule has 3 aromatic rings. The first-order chi connectivity index (χ1) is 16.3. The summed E-state index contributed by atoms with van der Waals surface area (Å²) in [5.41, 5.74) is 3.21. The van der Waals surface area contributed by atoms with Crippen LogP contribution >= 0.6 is 0 Å². The highest BCUT2D eigenvalue weighted by Gasteiger charge is 2.32. The van der Waals surface area contributed by atoms with E-state index in [9.17, 15) is 18.4 Å². The van der Waals surface area contributed by atoms with Gasteiger partial charge in [0.1, 0.15) is 23.0 Å². The number of aryl methyl sites for hydroxylation is 2. The Hall–Kier alpha value is -3.61. The molecule has 0 radical (unpaired) electrons. The van der Waals surface area contributed by atoms with Gasteiger partial charge in [0.2, 0.25) is 0 Å². The summed E-state index contributed by atoms with van der Waals surface area (Å²) in [6.45, 7) is 3.90. The van der Waals surface area contributed by atoms with Crippen LogP contribution in [0.2, 0.25) is 0 Å². The number of carbonyl (C=O) groups excluding carboxylic acids is 2. The minimum atomic E-state index is -0.331. The van der Waals surface area contributed by atoms with Crippen LogP contribution in [0.25, 0.3) is 0 Å². The zero-order chi connectivity index (χ0) is 24.0. The lowest BCUT2D eigenvalue weighted by atomic mass is 9.95. The minimum Gasteiger partial charge on any atom is -0.304 e. The number of rotatable bonds is 2. The Bertz CT molecular complexity index is 1200. The molecule has 0 fully saturated rings. The van der Waals surface area contributed by atoms with Crippen molar-refractivity contribution >= 4 is 23.2 Å². The van der Waals surface area contributed by atoms with E-state index in [4.69, 9.17) is 0 Å². The Labute approximate surface area is 197 Å². The first kappa shape index (κ1) is 22.2. The minimum absolute atomic E-state index is 0.0875. The van der Waals surface area contributed by atoms with Crippen molar-refractivity contribution in [1.82, 2.24) is 4.98 Å². The van der Waals surface area contributed by atoms with Gasteiger partial charge in [0, 0.05) is 23.5 Å². The summed E-state index contributed by atoms with van der Waals surface area (Å²) in [5.74, 6) is -1.32. The molecule has 2 aliphatic heterocycles. The Morgan fingerprint density at radius 1 is 0.765 bits per heavy atom. The van der Waals surface area contributed by atoms with Gasteiger partial charge in [-0.05, 0) is 99.2 Å². The molecule has 2 atom stereocenters. The number of fused-ring (bicyclic) bond motifs is 2. The molecule has 2 aliphatic rings. The lowest BCUT2D eigenvalue weighted by molar-refractivity contribution is 0.0966.